The molecule has 2 aromatic carbocycles. The second-order valence-electron chi connectivity index (χ2n) is 7.74. The molecule has 3 N–H and O–H groups in total. The Hall–Kier alpha value is -3.59. The van der Waals surface area contributed by atoms with Crippen molar-refractivity contribution in [2.75, 3.05) is 19.1 Å². The average Bonchev–Trinajstić information content (AvgIpc) is 3.22. The number of para-hydroxylation sites is 2. The van der Waals surface area contributed by atoms with Crippen LogP contribution in [0.25, 0.3) is 0 Å². The summed E-state index contributed by atoms with van der Waals surface area (Å²) in [6, 6.07) is 10.1. The number of nitrogens with one attached hydrogen (secondary N) is 1. The Labute approximate surface area is 178 Å². The first kappa shape index (κ1) is 20.7. The largest absolute Gasteiger partial charge is 0.508 e. The normalized spacial score (nSPS) is 27.3. The highest BCUT2D eigenvalue weighted by molar-refractivity contribution is 6.24. The molecule has 0 bridgehead atoms. The van der Waals surface area contributed by atoms with Gasteiger partial charge in [0.25, 0.3) is 0 Å². The fraction of sp³-hybridized carbons (Fsp3) is 0.318. The number of imide groups is 1. The predicted octanol–water partition coefficient (Wildman–Crippen LogP) is 1.70. The van der Waals surface area contributed by atoms with E-state index in [4.69, 9.17) is 9.47 Å². The quantitative estimate of drug-likeness (QED) is 0.617. The molecule has 0 unspecified atom stereocenters. The van der Waals surface area contributed by atoms with Crippen LogP contribution in [0.3, 0.4) is 0 Å². The van der Waals surface area contributed by atoms with E-state index in [-0.39, 0.29) is 17.0 Å². The molecule has 0 saturated carbocycles. The summed E-state index contributed by atoms with van der Waals surface area (Å²) in [7, 11) is 2.88. The van der Waals surface area contributed by atoms with Gasteiger partial charge in [-0.25, -0.2) is 4.90 Å². The molecule has 2 amide bonds. The maximum absolute atomic E-state index is 13.5. The zero-order chi connectivity index (χ0) is 22.5. The predicted molar refractivity (Wildman–Crippen MR) is 109 cm³/mol. The third-order valence-corrected chi connectivity index (χ3v) is 6.13. The number of rotatable bonds is 5. The summed E-state index contributed by atoms with van der Waals surface area (Å²) in [6.45, 7) is 1.38. The molecule has 2 heterocycles. The monoisotopic (exact) mass is 426 g/mol. The highest BCUT2D eigenvalue weighted by atomic mass is 16.5. The molecule has 4 atom stereocenters. The second-order valence-corrected chi connectivity index (χ2v) is 7.74. The molecule has 2 aliphatic heterocycles. The summed E-state index contributed by atoms with van der Waals surface area (Å²) in [6.07, 6.45) is 0. The van der Waals surface area contributed by atoms with Crippen molar-refractivity contribution in [2.45, 2.75) is 18.5 Å². The Morgan fingerprint density at radius 3 is 2.45 bits per heavy atom. The van der Waals surface area contributed by atoms with Crippen molar-refractivity contribution in [3.8, 4) is 17.2 Å². The first-order chi connectivity index (χ1) is 14.7. The van der Waals surface area contributed by atoms with Crippen LogP contribution in [0.5, 0.6) is 17.2 Å². The average molecular weight is 426 g/mol. The van der Waals surface area contributed by atoms with Gasteiger partial charge in [0.2, 0.25) is 11.8 Å². The van der Waals surface area contributed by atoms with Crippen LogP contribution in [0.1, 0.15) is 18.5 Å². The molecular weight excluding hydrogens is 404 g/mol. The lowest BCUT2D eigenvalue weighted by Gasteiger charge is -2.28. The number of carbonyl (C=O) groups excluding carboxylic acids is 2. The Balaban J connectivity index is 1.87. The summed E-state index contributed by atoms with van der Waals surface area (Å²) < 4.78 is 10.5. The number of hydrogen-bond donors (Lipinski definition) is 3. The smallest absolute Gasteiger partial charge is 0.324 e. The maximum atomic E-state index is 13.5. The number of phenolic OH excluding ortho intramolecular Hbond substituents is 1. The Bertz CT molecular complexity index is 1090. The van der Waals surface area contributed by atoms with E-state index in [1.807, 2.05) is 0 Å². The molecule has 0 aromatic heterocycles. The number of hydrogen-bond acceptors (Lipinski definition) is 7. The van der Waals surface area contributed by atoms with Crippen molar-refractivity contribution in [1.82, 2.24) is 5.32 Å². The molecule has 4 rings (SSSR count). The number of benzene rings is 2. The Morgan fingerprint density at radius 2 is 1.81 bits per heavy atom. The number of aromatic hydroxyl groups is 1. The second kappa shape index (κ2) is 7.28. The van der Waals surface area contributed by atoms with Gasteiger partial charge >= 0.3 is 5.97 Å². The minimum atomic E-state index is -1.73. The molecule has 9 heteroatoms. The van der Waals surface area contributed by atoms with Crippen LogP contribution < -0.4 is 19.7 Å². The number of ether oxygens (including phenoxy) is 2. The molecule has 0 radical (unpaired) electrons. The van der Waals surface area contributed by atoms with Crippen molar-refractivity contribution in [3.05, 3.63) is 48.0 Å². The zero-order valence-corrected chi connectivity index (χ0v) is 17.2. The molecule has 31 heavy (non-hydrogen) atoms. The van der Waals surface area contributed by atoms with E-state index in [9.17, 15) is 24.6 Å². The molecule has 2 fully saturated rings. The van der Waals surface area contributed by atoms with Crippen LogP contribution in [0.15, 0.2) is 42.5 Å². The first-order valence-corrected chi connectivity index (χ1v) is 9.63. The van der Waals surface area contributed by atoms with Crippen LogP contribution in [-0.4, -0.2) is 47.8 Å². The first-order valence-electron chi connectivity index (χ1n) is 9.63. The van der Waals surface area contributed by atoms with Crippen molar-refractivity contribution in [1.29, 1.82) is 0 Å². The molecule has 0 spiro atoms. The van der Waals surface area contributed by atoms with Crippen LogP contribution in [-0.2, 0) is 14.4 Å². The van der Waals surface area contributed by atoms with Crippen LogP contribution in [0.4, 0.5) is 5.69 Å². The van der Waals surface area contributed by atoms with Crippen LogP contribution >= 0.6 is 0 Å². The number of aliphatic carboxylic acids is 1. The number of phenols is 1. The minimum Gasteiger partial charge on any atom is -0.508 e. The fourth-order valence-electron chi connectivity index (χ4n) is 4.56. The number of methoxy groups -OCH3 is 2. The van der Waals surface area contributed by atoms with E-state index in [0.717, 1.165) is 4.90 Å². The maximum Gasteiger partial charge on any atom is 0.324 e. The van der Waals surface area contributed by atoms with Crippen LogP contribution in [0, 0.1) is 11.8 Å². The van der Waals surface area contributed by atoms with Crippen molar-refractivity contribution in [3.63, 3.8) is 0 Å². The van der Waals surface area contributed by atoms with Crippen molar-refractivity contribution >= 4 is 23.5 Å². The number of fused-ring (bicyclic) bond motifs is 1. The molecular formula is C22H22N2O7. The van der Waals surface area contributed by atoms with E-state index < -0.39 is 41.2 Å². The van der Waals surface area contributed by atoms with Gasteiger partial charge in [0.1, 0.15) is 22.8 Å². The Morgan fingerprint density at radius 1 is 1.10 bits per heavy atom. The molecule has 9 nitrogen and oxygen atoms in total. The third-order valence-electron chi connectivity index (χ3n) is 6.13. The molecule has 2 aromatic rings. The lowest BCUT2D eigenvalue weighted by molar-refractivity contribution is -0.147. The van der Waals surface area contributed by atoms with Gasteiger partial charge in [-0.2, -0.15) is 0 Å². The van der Waals surface area contributed by atoms with Gasteiger partial charge in [-0.05, 0) is 37.3 Å². The standard InChI is InChI=1S/C22H22N2O7/c1-22(21(28)29)17-16(18(23-22)12-10-11(30-2)8-9-14(12)25)19(26)24(20(17)27)13-6-4-5-7-15(13)31-3/h4-10,16-18,23,25H,1-3H3,(H,28,29)/t16-,17+,18-,22-/m0/s1. The number of anilines is 1. The van der Waals surface area contributed by atoms with E-state index in [2.05, 4.69) is 5.32 Å². The van der Waals surface area contributed by atoms with Gasteiger partial charge in [0, 0.05) is 11.6 Å². The number of carboxylic acid groups (broad SMARTS) is 1. The molecule has 2 saturated heterocycles. The molecule has 2 aliphatic rings. The van der Waals surface area contributed by atoms with Gasteiger partial charge < -0.3 is 19.7 Å². The highest BCUT2D eigenvalue weighted by Crippen LogP contribution is 2.52. The third kappa shape index (κ3) is 2.92. The van der Waals surface area contributed by atoms with Crippen molar-refractivity contribution < 1.29 is 34.1 Å². The van der Waals surface area contributed by atoms with E-state index >= 15 is 0 Å². The van der Waals surface area contributed by atoms with Gasteiger partial charge in [0.15, 0.2) is 0 Å². The lowest BCUT2D eigenvalue weighted by atomic mass is 9.80. The minimum absolute atomic E-state index is 0.136. The van der Waals surface area contributed by atoms with Gasteiger partial charge in [-0.3, -0.25) is 19.7 Å². The van der Waals surface area contributed by atoms with E-state index in [0.29, 0.717) is 11.5 Å². The van der Waals surface area contributed by atoms with Crippen molar-refractivity contribution in [2.24, 2.45) is 11.8 Å². The molecule has 0 aliphatic carbocycles. The van der Waals surface area contributed by atoms with E-state index in [1.165, 1.54) is 33.3 Å². The topological polar surface area (TPSA) is 125 Å². The van der Waals surface area contributed by atoms with E-state index in [1.54, 1.807) is 30.3 Å². The van der Waals surface area contributed by atoms with Gasteiger partial charge in [-0.1, -0.05) is 12.1 Å². The van der Waals surface area contributed by atoms with Crippen LogP contribution in [0.2, 0.25) is 0 Å². The summed E-state index contributed by atoms with van der Waals surface area (Å²) in [4.78, 5) is 40.2. The number of carbonyl (C=O) groups is 3. The zero-order valence-electron chi connectivity index (χ0n) is 17.2. The summed E-state index contributed by atoms with van der Waals surface area (Å²) in [5.74, 6) is -4.10. The number of carboxylic acids is 1. The number of nitrogens with zero attached hydrogens (tertiary/aromatic N) is 1. The lowest BCUT2D eigenvalue weighted by Crippen LogP contribution is -2.53. The summed E-state index contributed by atoms with van der Waals surface area (Å²) in [5.41, 5.74) is -1.20. The summed E-state index contributed by atoms with van der Waals surface area (Å²) in [5, 5.41) is 23.3. The highest BCUT2D eigenvalue weighted by Gasteiger charge is 2.67. The number of amides is 2. The molecule has 162 valence electrons. The Kier molecular flexibility index (Phi) is 4.85. The van der Waals surface area contributed by atoms with Gasteiger partial charge in [-0.15, -0.1) is 0 Å². The van der Waals surface area contributed by atoms with Gasteiger partial charge in [0.05, 0.1) is 31.7 Å². The SMILES string of the molecule is COc1ccc(O)c([C@@H]2N[C@](C)(C(=O)O)[C@H]3C(=O)N(c4ccccc4OC)C(=O)[C@H]23)c1. The fourth-order valence-corrected chi connectivity index (χ4v) is 4.56. The summed E-state index contributed by atoms with van der Waals surface area (Å²) >= 11 is 0.